The monoisotopic (exact) mass is 238 g/mol. The largest absolute Gasteiger partial charge is 0.352 e. The summed E-state index contributed by atoms with van der Waals surface area (Å²) in [4.78, 5) is 12.3. The lowest BCUT2D eigenvalue weighted by Crippen LogP contribution is -2.58. The Bertz CT molecular complexity index is 251. The zero-order chi connectivity index (χ0) is 12.1. The Morgan fingerprint density at radius 1 is 1.12 bits per heavy atom. The summed E-state index contributed by atoms with van der Waals surface area (Å²) in [5.74, 6) is 0.226. The zero-order valence-electron chi connectivity index (χ0n) is 11.1. The van der Waals surface area contributed by atoms with E-state index in [1.54, 1.807) is 0 Å². The Labute approximate surface area is 105 Å². The fourth-order valence-electron chi connectivity index (χ4n) is 3.02. The number of hydrogen-bond donors (Lipinski definition) is 2. The van der Waals surface area contributed by atoms with E-state index in [0.717, 1.165) is 13.0 Å². The van der Waals surface area contributed by atoms with Crippen LogP contribution in [0.25, 0.3) is 0 Å². The van der Waals surface area contributed by atoms with Crippen molar-refractivity contribution in [1.29, 1.82) is 0 Å². The highest BCUT2D eigenvalue weighted by molar-refractivity contribution is 5.86. The number of rotatable bonds is 2. The van der Waals surface area contributed by atoms with Crippen LogP contribution < -0.4 is 10.6 Å². The summed E-state index contributed by atoms with van der Waals surface area (Å²) >= 11 is 0. The Morgan fingerprint density at radius 2 is 1.82 bits per heavy atom. The molecule has 3 nitrogen and oxygen atoms in total. The number of carbonyl (C=O) groups is 1. The van der Waals surface area contributed by atoms with E-state index < -0.39 is 0 Å². The van der Waals surface area contributed by atoms with Gasteiger partial charge in [-0.2, -0.15) is 0 Å². The highest BCUT2D eigenvalue weighted by Crippen LogP contribution is 2.21. The van der Waals surface area contributed by atoms with Crippen molar-refractivity contribution in [3.63, 3.8) is 0 Å². The van der Waals surface area contributed by atoms with Crippen LogP contribution in [-0.4, -0.2) is 24.0 Å². The molecule has 1 atom stereocenters. The molecule has 0 spiro atoms. The standard InChI is InChI=1S/C14H26N2O/c1-14(10-6-7-11-15-14)13(17)16-12-8-4-2-3-5-9-12/h12,15H,2-11H2,1H3,(H,16,17). The molecule has 1 saturated heterocycles. The first-order valence-corrected chi connectivity index (χ1v) is 7.27. The van der Waals surface area contributed by atoms with Crippen molar-refractivity contribution in [1.82, 2.24) is 10.6 Å². The molecule has 3 heteroatoms. The van der Waals surface area contributed by atoms with Gasteiger partial charge >= 0.3 is 0 Å². The minimum atomic E-state index is -0.315. The van der Waals surface area contributed by atoms with Crippen LogP contribution >= 0.6 is 0 Å². The van der Waals surface area contributed by atoms with Gasteiger partial charge in [0.05, 0.1) is 5.54 Å². The smallest absolute Gasteiger partial charge is 0.240 e. The van der Waals surface area contributed by atoms with Gasteiger partial charge in [0.1, 0.15) is 0 Å². The summed E-state index contributed by atoms with van der Waals surface area (Å²) in [6.45, 7) is 3.03. The summed E-state index contributed by atoms with van der Waals surface area (Å²) in [5, 5.41) is 6.66. The maximum absolute atomic E-state index is 12.3. The molecule has 2 N–H and O–H groups in total. The molecule has 2 aliphatic rings. The first kappa shape index (κ1) is 12.9. The highest BCUT2D eigenvalue weighted by Gasteiger charge is 2.35. The van der Waals surface area contributed by atoms with E-state index in [2.05, 4.69) is 17.6 Å². The van der Waals surface area contributed by atoms with Crippen LogP contribution in [0.1, 0.15) is 64.7 Å². The van der Waals surface area contributed by atoms with Crippen LogP contribution in [0.3, 0.4) is 0 Å². The van der Waals surface area contributed by atoms with E-state index in [1.807, 2.05) is 0 Å². The number of nitrogens with one attached hydrogen (secondary N) is 2. The number of hydrogen-bond acceptors (Lipinski definition) is 2. The lowest BCUT2D eigenvalue weighted by molar-refractivity contribution is -0.128. The fraction of sp³-hybridized carbons (Fsp3) is 0.929. The molecule has 2 fully saturated rings. The minimum Gasteiger partial charge on any atom is -0.352 e. The molecule has 1 saturated carbocycles. The molecule has 0 bridgehead atoms. The van der Waals surface area contributed by atoms with E-state index in [0.29, 0.717) is 6.04 Å². The van der Waals surface area contributed by atoms with E-state index in [9.17, 15) is 4.79 Å². The summed E-state index contributed by atoms with van der Waals surface area (Å²) in [7, 11) is 0. The Morgan fingerprint density at radius 3 is 2.41 bits per heavy atom. The van der Waals surface area contributed by atoms with Crippen LogP contribution in [0.5, 0.6) is 0 Å². The van der Waals surface area contributed by atoms with Gasteiger partial charge in [0, 0.05) is 6.04 Å². The molecule has 1 aliphatic heterocycles. The summed E-state index contributed by atoms with van der Waals surface area (Å²) < 4.78 is 0. The van der Waals surface area contributed by atoms with Gasteiger partial charge in [-0.15, -0.1) is 0 Å². The summed E-state index contributed by atoms with van der Waals surface area (Å²) in [6.07, 6.45) is 10.9. The van der Waals surface area contributed by atoms with Crippen LogP contribution in [0.15, 0.2) is 0 Å². The molecule has 2 rings (SSSR count). The molecular weight excluding hydrogens is 212 g/mol. The summed E-state index contributed by atoms with van der Waals surface area (Å²) in [5.41, 5.74) is -0.315. The van der Waals surface area contributed by atoms with Crippen molar-refractivity contribution < 1.29 is 4.79 Å². The quantitative estimate of drug-likeness (QED) is 0.725. The average Bonchev–Trinajstić information content (AvgIpc) is 2.58. The molecule has 98 valence electrons. The molecule has 0 aromatic rings. The second kappa shape index (κ2) is 5.85. The van der Waals surface area contributed by atoms with Crippen LogP contribution in [0.2, 0.25) is 0 Å². The predicted molar refractivity (Wildman–Crippen MR) is 69.9 cm³/mol. The zero-order valence-corrected chi connectivity index (χ0v) is 11.1. The number of piperidine rings is 1. The predicted octanol–water partition coefficient (Wildman–Crippen LogP) is 2.36. The third-order valence-electron chi connectivity index (χ3n) is 4.31. The van der Waals surface area contributed by atoms with Crippen molar-refractivity contribution in [3.8, 4) is 0 Å². The van der Waals surface area contributed by atoms with E-state index in [1.165, 1.54) is 51.4 Å². The first-order valence-electron chi connectivity index (χ1n) is 7.27. The van der Waals surface area contributed by atoms with Crippen molar-refractivity contribution in [2.24, 2.45) is 0 Å². The second-order valence-corrected chi connectivity index (χ2v) is 5.88. The van der Waals surface area contributed by atoms with Gasteiger partial charge in [0.15, 0.2) is 0 Å². The minimum absolute atomic E-state index is 0.226. The highest BCUT2D eigenvalue weighted by atomic mass is 16.2. The third kappa shape index (κ3) is 3.44. The van der Waals surface area contributed by atoms with Crippen LogP contribution in [-0.2, 0) is 4.79 Å². The van der Waals surface area contributed by atoms with Gasteiger partial charge in [-0.3, -0.25) is 4.79 Å². The van der Waals surface area contributed by atoms with Crippen molar-refractivity contribution in [2.75, 3.05) is 6.54 Å². The number of carbonyl (C=O) groups excluding carboxylic acids is 1. The van der Waals surface area contributed by atoms with Gasteiger partial charge in [-0.25, -0.2) is 0 Å². The fourth-order valence-corrected chi connectivity index (χ4v) is 3.02. The van der Waals surface area contributed by atoms with E-state index in [-0.39, 0.29) is 11.4 Å². The van der Waals surface area contributed by atoms with E-state index in [4.69, 9.17) is 0 Å². The van der Waals surface area contributed by atoms with Crippen molar-refractivity contribution in [2.45, 2.75) is 76.3 Å². The number of amides is 1. The molecule has 1 unspecified atom stereocenters. The third-order valence-corrected chi connectivity index (χ3v) is 4.31. The van der Waals surface area contributed by atoms with Gasteiger partial charge in [-0.05, 0) is 45.6 Å². The second-order valence-electron chi connectivity index (χ2n) is 5.88. The van der Waals surface area contributed by atoms with Crippen molar-refractivity contribution in [3.05, 3.63) is 0 Å². The maximum Gasteiger partial charge on any atom is 0.240 e. The Kier molecular flexibility index (Phi) is 4.43. The molecule has 0 radical (unpaired) electrons. The molecule has 0 aromatic carbocycles. The molecule has 17 heavy (non-hydrogen) atoms. The van der Waals surface area contributed by atoms with Gasteiger partial charge in [0.25, 0.3) is 0 Å². The molecule has 1 heterocycles. The van der Waals surface area contributed by atoms with Crippen molar-refractivity contribution >= 4 is 5.91 Å². The van der Waals surface area contributed by atoms with Gasteiger partial charge < -0.3 is 10.6 Å². The van der Waals surface area contributed by atoms with Crippen LogP contribution in [0.4, 0.5) is 0 Å². The average molecular weight is 238 g/mol. The maximum atomic E-state index is 12.3. The first-order chi connectivity index (χ1) is 8.21. The molecule has 0 aromatic heterocycles. The Hall–Kier alpha value is -0.570. The Balaban J connectivity index is 1.86. The lowest BCUT2D eigenvalue weighted by atomic mass is 9.89. The molecule has 1 amide bonds. The van der Waals surface area contributed by atoms with Crippen LogP contribution in [0, 0.1) is 0 Å². The van der Waals surface area contributed by atoms with Gasteiger partial charge in [-0.1, -0.05) is 25.7 Å². The topological polar surface area (TPSA) is 41.1 Å². The lowest BCUT2D eigenvalue weighted by Gasteiger charge is -2.34. The molecular formula is C14H26N2O. The van der Waals surface area contributed by atoms with Gasteiger partial charge in [0.2, 0.25) is 5.91 Å². The van der Waals surface area contributed by atoms with E-state index >= 15 is 0 Å². The molecule has 1 aliphatic carbocycles. The SMILES string of the molecule is CC1(C(=O)NC2CCCCCC2)CCCCN1. The normalized spacial score (nSPS) is 31.8. The summed E-state index contributed by atoms with van der Waals surface area (Å²) in [6, 6.07) is 0.422.